The van der Waals surface area contributed by atoms with Crippen LogP contribution in [0.15, 0.2) is 24.3 Å². The van der Waals surface area contributed by atoms with Crippen LogP contribution in [-0.4, -0.2) is 39.2 Å². The van der Waals surface area contributed by atoms with Crippen molar-refractivity contribution in [3.63, 3.8) is 0 Å². The van der Waals surface area contributed by atoms with Crippen molar-refractivity contribution in [1.29, 1.82) is 0 Å². The predicted molar refractivity (Wildman–Crippen MR) is 67.3 cm³/mol. The molecule has 0 saturated carbocycles. The number of benzene rings is 1. The molecule has 0 aromatic heterocycles. The SMILES string of the molecule is COc1ccccc1CN(C)S(=O)(=O)CCN. The second-order valence-corrected chi connectivity index (χ2v) is 5.87. The normalized spacial score (nSPS) is 11.8. The van der Waals surface area contributed by atoms with Crippen molar-refractivity contribution in [1.82, 2.24) is 4.31 Å². The summed E-state index contributed by atoms with van der Waals surface area (Å²) in [6, 6.07) is 7.34. The summed E-state index contributed by atoms with van der Waals surface area (Å²) in [5.41, 5.74) is 6.10. The van der Waals surface area contributed by atoms with Gasteiger partial charge >= 0.3 is 0 Å². The molecular formula is C11H18N2O3S. The molecule has 1 aromatic carbocycles. The molecule has 1 aromatic rings. The number of para-hydroxylation sites is 1. The third kappa shape index (κ3) is 3.69. The topological polar surface area (TPSA) is 72.6 Å². The summed E-state index contributed by atoms with van der Waals surface area (Å²) in [7, 11) is -0.179. The predicted octanol–water partition coefficient (Wildman–Crippen LogP) is 0.416. The van der Waals surface area contributed by atoms with E-state index >= 15 is 0 Å². The Balaban J connectivity index is 2.84. The van der Waals surface area contributed by atoms with Crippen molar-refractivity contribution in [3.8, 4) is 5.75 Å². The zero-order valence-electron chi connectivity index (χ0n) is 10.1. The van der Waals surface area contributed by atoms with Gasteiger partial charge in [-0.3, -0.25) is 0 Å². The van der Waals surface area contributed by atoms with Crippen molar-refractivity contribution in [3.05, 3.63) is 29.8 Å². The van der Waals surface area contributed by atoms with E-state index in [0.29, 0.717) is 5.75 Å². The molecule has 96 valence electrons. The monoisotopic (exact) mass is 258 g/mol. The minimum atomic E-state index is -3.28. The molecule has 0 spiro atoms. The molecule has 0 bridgehead atoms. The summed E-state index contributed by atoms with van der Waals surface area (Å²) < 4.78 is 29.9. The van der Waals surface area contributed by atoms with Crippen molar-refractivity contribution in [2.75, 3.05) is 26.5 Å². The van der Waals surface area contributed by atoms with Gasteiger partial charge in [-0.05, 0) is 6.07 Å². The van der Waals surface area contributed by atoms with Gasteiger partial charge in [0.15, 0.2) is 0 Å². The Hall–Kier alpha value is -1.11. The van der Waals surface area contributed by atoms with E-state index in [9.17, 15) is 8.42 Å². The van der Waals surface area contributed by atoms with E-state index in [1.54, 1.807) is 13.2 Å². The molecule has 0 aliphatic heterocycles. The molecule has 2 N–H and O–H groups in total. The highest BCUT2D eigenvalue weighted by Crippen LogP contribution is 2.19. The van der Waals surface area contributed by atoms with E-state index in [-0.39, 0.29) is 18.8 Å². The van der Waals surface area contributed by atoms with Crippen LogP contribution in [0.3, 0.4) is 0 Å². The van der Waals surface area contributed by atoms with Crippen LogP contribution in [0.1, 0.15) is 5.56 Å². The molecule has 0 aliphatic rings. The van der Waals surface area contributed by atoms with Gasteiger partial charge in [0, 0.05) is 25.7 Å². The molecule has 6 heteroatoms. The Morgan fingerprint density at radius 3 is 2.59 bits per heavy atom. The number of sulfonamides is 1. The van der Waals surface area contributed by atoms with Crippen molar-refractivity contribution in [2.45, 2.75) is 6.54 Å². The maximum absolute atomic E-state index is 11.7. The third-order valence-corrected chi connectivity index (χ3v) is 4.27. The molecule has 1 rings (SSSR count). The number of rotatable bonds is 6. The second-order valence-electron chi connectivity index (χ2n) is 3.67. The summed E-state index contributed by atoms with van der Waals surface area (Å²) in [5.74, 6) is 0.640. The molecule has 0 aliphatic carbocycles. The Morgan fingerprint density at radius 2 is 2.00 bits per heavy atom. The first-order chi connectivity index (χ1) is 8.01. The lowest BCUT2D eigenvalue weighted by Crippen LogP contribution is -2.31. The van der Waals surface area contributed by atoms with E-state index in [1.807, 2.05) is 18.2 Å². The summed E-state index contributed by atoms with van der Waals surface area (Å²) in [6.45, 7) is 0.408. The summed E-state index contributed by atoms with van der Waals surface area (Å²) in [6.07, 6.45) is 0. The quantitative estimate of drug-likeness (QED) is 0.802. The van der Waals surface area contributed by atoms with Gasteiger partial charge in [0.1, 0.15) is 5.75 Å². The Kier molecular flexibility index (Phi) is 4.92. The largest absolute Gasteiger partial charge is 0.496 e. The molecular weight excluding hydrogens is 240 g/mol. The molecule has 0 fully saturated rings. The summed E-state index contributed by atoms with van der Waals surface area (Å²) >= 11 is 0. The van der Waals surface area contributed by atoms with Crippen LogP contribution in [0.4, 0.5) is 0 Å². The number of nitrogens with two attached hydrogens (primary N) is 1. The highest BCUT2D eigenvalue weighted by Gasteiger charge is 2.18. The van der Waals surface area contributed by atoms with E-state index in [0.717, 1.165) is 5.56 Å². The van der Waals surface area contributed by atoms with E-state index < -0.39 is 10.0 Å². The van der Waals surface area contributed by atoms with Gasteiger partial charge < -0.3 is 10.5 Å². The highest BCUT2D eigenvalue weighted by atomic mass is 32.2. The zero-order chi connectivity index (χ0) is 12.9. The van der Waals surface area contributed by atoms with Crippen molar-refractivity contribution in [2.24, 2.45) is 5.73 Å². The lowest BCUT2D eigenvalue weighted by molar-refractivity contribution is 0.398. The first-order valence-corrected chi connectivity index (χ1v) is 6.88. The third-order valence-electron chi connectivity index (χ3n) is 2.44. The van der Waals surface area contributed by atoms with Crippen molar-refractivity contribution >= 4 is 10.0 Å². The Morgan fingerprint density at radius 1 is 1.35 bits per heavy atom. The fourth-order valence-corrected chi connectivity index (χ4v) is 2.42. The molecule has 17 heavy (non-hydrogen) atoms. The number of methoxy groups -OCH3 is 1. The van der Waals surface area contributed by atoms with Crippen LogP contribution in [0, 0.1) is 0 Å². The van der Waals surface area contributed by atoms with Crippen molar-refractivity contribution < 1.29 is 13.2 Å². The van der Waals surface area contributed by atoms with Gasteiger partial charge in [-0.2, -0.15) is 0 Å². The Labute approximate surface area is 102 Å². The molecule has 0 saturated heterocycles. The fourth-order valence-electron chi connectivity index (χ4n) is 1.48. The standard InChI is InChI=1S/C11H18N2O3S/c1-13(17(14,15)8-7-12)9-10-5-3-4-6-11(10)16-2/h3-6H,7-9,12H2,1-2H3. The second kappa shape index (κ2) is 6.00. The minimum Gasteiger partial charge on any atom is -0.496 e. The zero-order valence-corrected chi connectivity index (χ0v) is 10.9. The van der Waals surface area contributed by atoms with Crippen LogP contribution in [0.2, 0.25) is 0 Å². The lowest BCUT2D eigenvalue weighted by atomic mass is 10.2. The average molecular weight is 258 g/mol. The summed E-state index contributed by atoms with van der Waals surface area (Å²) in [5, 5.41) is 0. The van der Waals surface area contributed by atoms with Crippen LogP contribution < -0.4 is 10.5 Å². The van der Waals surface area contributed by atoms with Crippen LogP contribution >= 0.6 is 0 Å². The van der Waals surface area contributed by atoms with E-state index in [2.05, 4.69) is 0 Å². The van der Waals surface area contributed by atoms with Gasteiger partial charge in [0.2, 0.25) is 10.0 Å². The first kappa shape index (κ1) is 14.0. The average Bonchev–Trinajstić information content (AvgIpc) is 2.29. The van der Waals surface area contributed by atoms with Gasteiger partial charge in [-0.25, -0.2) is 12.7 Å². The number of hydrogen-bond donors (Lipinski definition) is 1. The van der Waals surface area contributed by atoms with Gasteiger partial charge in [0.25, 0.3) is 0 Å². The van der Waals surface area contributed by atoms with Crippen LogP contribution in [-0.2, 0) is 16.6 Å². The van der Waals surface area contributed by atoms with Gasteiger partial charge in [-0.15, -0.1) is 0 Å². The first-order valence-electron chi connectivity index (χ1n) is 5.27. The lowest BCUT2D eigenvalue weighted by Gasteiger charge is -2.18. The molecule has 5 nitrogen and oxygen atoms in total. The number of hydrogen-bond acceptors (Lipinski definition) is 4. The van der Waals surface area contributed by atoms with E-state index in [4.69, 9.17) is 10.5 Å². The Bertz CT molecular complexity index is 460. The molecule has 0 unspecified atom stereocenters. The van der Waals surface area contributed by atoms with Gasteiger partial charge in [-0.1, -0.05) is 18.2 Å². The van der Waals surface area contributed by atoms with Gasteiger partial charge in [0.05, 0.1) is 12.9 Å². The van der Waals surface area contributed by atoms with Crippen LogP contribution in [0.5, 0.6) is 5.75 Å². The summed E-state index contributed by atoms with van der Waals surface area (Å²) in [4.78, 5) is 0. The maximum atomic E-state index is 11.7. The highest BCUT2D eigenvalue weighted by molar-refractivity contribution is 7.89. The molecule has 0 atom stereocenters. The van der Waals surface area contributed by atoms with E-state index in [1.165, 1.54) is 11.4 Å². The smallest absolute Gasteiger partial charge is 0.215 e. The maximum Gasteiger partial charge on any atom is 0.215 e. The fraction of sp³-hybridized carbons (Fsp3) is 0.455. The molecule has 0 amide bonds. The molecule has 0 heterocycles. The minimum absolute atomic E-state index is 0.0430. The number of nitrogens with zero attached hydrogens (tertiary/aromatic N) is 1. The molecule has 0 radical (unpaired) electrons. The van der Waals surface area contributed by atoms with Crippen LogP contribution in [0.25, 0.3) is 0 Å². The number of ether oxygens (including phenoxy) is 1.